The summed E-state index contributed by atoms with van der Waals surface area (Å²) in [4.78, 5) is 11.9. The van der Waals surface area contributed by atoms with Crippen molar-refractivity contribution in [1.29, 1.82) is 0 Å². The number of hydrogen-bond donors (Lipinski definition) is 2. The van der Waals surface area contributed by atoms with Gasteiger partial charge < -0.3 is 10.4 Å². The van der Waals surface area contributed by atoms with E-state index in [1.807, 2.05) is 39.0 Å². The second kappa shape index (κ2) is 7.60. The first kappa shape index (κ1) is 15.3. The molecule has 0 aliphatic carbocycles. The molecule has 0 radical (unpaired) electrons. The predicted octanol–water partition coefficient (Wildman–Crippen LogP) is 2.71. The molecule has 0 aromatic heterocycles. The number of aliphatic hydroxyl groups is 1. The molecule has 0 aliphatic rings. The fourth-order valence-corrected chi connectivity index (χ4v) is 1.53. The van der Waals surface area contributed by atoms with Crippen LogP contribution in [0.3, 0.4) is 0 Å². The van der Waals surface area contributed by atoms with Crippen LogP contribution in [0.15, 0.2) is 18.2 Å². The average Bonchev–Trinajstić information content (AvgIpc) is 2.40. The monoisotopic (exact) mass is 259 g/mol. The number of anilines is 1. The van der Waals surface area contributed by atoms with Crippen LogP contribution in [0.2, 0.25) is 0 Å². The quantitative estimate of drug-likeness (QED) is 0.817. The van der Waals surface area contributed by atoms with Gasteiger partial charge in [0, 0.05) is 17.9 Å². The maximum absolute atomic E-state index is 11.9. The van der Waals surface area contributed by atoms with Crippen molar-refractivity contribution in [2.24, 2.45) is 5.92 Å². The molecular weight excluding hydrogens is 238 g/mol. The standard InChI is InChI=1S/C16H21NO2/c1-4-13(3)16(19)17-15-11-12(2)8-9-14(15)7-5-6-10-18/h8-9,11,13,18H,4,6,10H2,1-3H3,(H,17,19). The zero-order valence-corrected chi connectivity index (χ0v) is 11.8. The van der Waals surface area contributed by atoms with Crippen LogP contribution in [0.25, 0.3) is 0 Å². The van der Waals surface area contributed by atoms with E-state index >= 15 is 0 Å². The first-order valence-electron chi connectivity index (χ1n) is 6.59. The summed E-state index contributed by atoms with van der Waals surface area (Å²) in [7, 11) is 0. The fraction of sp³-hybridized carbons (Fsp3) is 0.438. The minimum absolute atomic E-state index is 0.0123. The first-order chi connectivity index (χ1) is 9.08. The Labute approximate surface area is 115 Å². The molecule has 1 atom stereocenters. The molecule has 0 saturated carbocycles. The van der Waals surface area contributed by atoms with E-state index in [1.165, 1.54) is 0 Å². The Hall–Kier alpha value is -1.79. The minimum atomic E-state index is -0.0150. The van der Waals surface area contributed by atoms with E-state index in [0.717, 1.165) is 23.2 Å². The maximum Gasteiger partial charge on any atom is 0.227 e. The van der Waals surface area contributed by atoms with Crippen LogP contribution in [0.4, 0.5) is 5.69 Å². The molecule has 0 bridgehead atoms. The SMILES string of the molecule is CCC(C)C(=O)Nc1cc(C)ccc1C#CCCO. The summed E-state index contributed by atoms with van der Waals surface area (Å²) in [5.74, 6) is 5.85. The van der Waals surface area contributed by atoms with Gasteiger partial charge in [-0.25, -0.2) is 0 Å². The topological polar surface area (TPSA) is 49.3 Å². The van der Waals surface area contributed by atoms with Crippen molar-refractivity contribution in [3.8, 4) is 11.8 Å². The zero-order chi connectivity index (χ0) is 14.3. The van der Waals surface area contributed by atoms with E-state index in [0.29, 0.717) is 6.42 Å². The third kappa shape index (κ3) is 4.76. The van der Waals surface area contributed by atoms with Gasteiger partial charge in [-0.3, -0.25) is 4.79 Å². The molecular formula is C16H21NO2. The lowest BCUT2D eigenvalue weighted by atomic mass is 10.1. The van der Waals surface area contributed by atoms with Crippen molar-refractivity contribution in [2.45, 2.75) is 33.6 Å². The molecule has 19 heavy (non-hydrogen) atoms. The Morgan fingerprint density at radius 3 is 2.84 bits per heavy atom. The van der Waals surface area contributed by atoms with E-state index in [-0.39, 0.29) is 18.4 Å². The number of nitrogens with one attached hydrogen (secondary N) is 1. The maximum atomic E-state index is 11.9. The molecule has 1 rings (SSSR count). The normalized spacial score (nSPS) is 11.4. The van der Waals surface area contributed by atoms with Crippen LogP contribution in [0.1, 0.15) is 37.8 Å². The van der Waals surface area contributed by atoms with Crippen molar-refractivity contribution >= 4 is 11.6 Å². The molecule has 0 fully saturated rings. The Morgan fingerprint density at radius 2 is 2.21 bits per heavy atom. The van der Waals surface area contributed by atoms with Crippen LogP contribution in [-0.4, -0.2) is 17.6 Å². The molecule has 2 N–H and O–H groups in total. The molecule has 1 aromatic carbocycles. The molecule has 0 saturated heterocycles. The number of carbonyl (C=O) groups excluding carboxylic acids is 1. The van der Waals surface area contributed by atoms with Crippen LogP contribution in [0.5, 0.6) is 0 Å². The van der Waals surface area contributed by atoms with Crippen molar-refractivity contribution in [3.05, 3.63) is 29.3 Å². The molecule has 0 heterocycles. The van der Waals surface area contributed by atoms with E-state index in [9.17, 15) is 4.79 Å². The number of aliphatic hydroxyl groups excluding tert-OH is 1. The molecule has 0 aliphatic heterocycles. The van der Waals surface area contributed by atoms with Gasteiger partial charge in [-0.15, -0.1) is 0 Å². The molecule has 0 spiro atoms. The third-order valence-corrected chi connectivity index (χ3v) is 2.95. The highest BCUT2D eigenvalue weighted by Gasteiger charge is 2.12. The van der Waals surface area contributed by atoms with Gasteiger partial charge in [0.25, 0.3) is 0 Å². The van der Waals surface area contributed by atoms with Gasteiger partial charge in [-0.2, -0.15) is 0 Å². The molecule has 1 unspecified atom stereocenters. The number of hydrogen-bond acceptors (Lipinski definition) is 2. The molecule has 1 amide bonds. The summed E-state index contributed by atoms with van der Waals surface area (Å²) in [5, 5.41) is 11.7. The summed E-state index contributed by atoms with van der Waals surface area (Å²) in [6, 6.07) is 5.77. The van der Waals surface area contributed by atoms with Crippen molar-refractivity contribution in [1.82, 2.24) is 0 Å². The number of carbonyl (C=O) groups is 1. The Kier molecular flexibility index (Phi) is 6.11. The van der Waals surface area contributed by atoms with Gasteiger partial charge in [0.1, 0.15) is 0 Å². The lowest BCUT2D eigenvalue weighted by Crippen LogP contribution is -2.20. The van der Waals surface area contributed by atoms with Gasteiger partial charge in [0.2, 0.25) is 5.91 Å². The summed E-state index contributed by atoms with van der Waals surface area (Å²) in [6.07, 6.45) is 1.25. The zero-order valence-electron chi connectivity index (χ0n) is 11.8. The van der Waals surface area contributed by atoms with Crippen LogP contribution in [-0.2, 0) is 4.79 Å². The largest absolute Gasteiger partial charge is 0.395 e. The van der Waals surface area contributed by atoms with E-state index in [1.54, 1.807) is 0 Å². The van der Waals surface area contributed by atoms with Crippen LogP contribution >= 0.6 is 0 Å². The Morgan fingerprint density at radius 1 is 1.47 bits per heavy atom. The lowest BCUT2D eigenvalue weighted by molar-refractivity contribution is -0.119. The first-order valence-corrected chi connectivity index (χ1v) is 6.59. The molecule has 1 aromatic rings. The molecule has 102 valence electrons. The lowest BCUT2D eigenvalue weighted by Gasteiger charge is -2.12. The third-order valence-electron chi connectivity index (χ3n) is 2.95. The highest BCUT2D eigenvalue weighted by Crippen LogP contribution is 2.18. The summed E-state index contributed by atoms with van der Waals surface area (Å²) >= 11 is 0. The number of benzene rings is 1. The summed E-state index contributed by atoms with van der Waals surface area (Å²) < 4.78 is 0. The van der Waals surface area contributed by atoms with Crippen molar-refractivity contribution < 1.29 is 9.90 Å². The minimum Gasteiger partial charge on any atom is -0.395 e. The van der Waals surface area contributed by atoms with Gasteiger partial charge in [0.15, 0.2) is 0 Å². The summed E-state index contributed by atoms with van der Waals surface area (Å²) in [5.41, 5.74) is 2.61. The van der Waals surface area contributed by atoms with E-state index < -0.39 is 0 Å². The van der Waals surface area contributed by atoms with Crippen LogP contribution in [0, 0.1) is 24.7 Å². The molecule has 3 nitrogen and oxygen atoms in total. The second-order valence-electron chi connectivity index (χ2n) is 4.62. The van der Waals surface area contributed by atoms with Gasteiger partial charge in [0.05, 0.1) is 12.3 Å². The van der Waals surface area contributed by atoms with Crippen LogP contribution < -0.4 is 5.32 Å². The van der Waals surface area contributed by atoms with Gasteiger partial charge in [-0.1, -0.05) is 31.8 Å². The fourth-order valence-electron chi connectivity index (χ4n) is 1.53. The Bertz CT molecular complexity index is 497. The average molecular weight is 259 g/mol. The second-order valence-corrected chi connectivity index (χ2v) is 4.62. The smallest absolute Gasteiger partial charge is 0.227 e. The number of rotatable bonds is 4. The van der Waals surface area contributed by atoms with E-state index in [2.05, 4.69) is 17.2 Å². The number of aryl methyl sites for hydroxylation is 1. The Balaban J connectivity index is 2.95. The van der Waals surface area contributed by atoms with E-state index in [4.69, 9.17) is 5.11 Å². The van der Waals surface area contributed by atoms with Crippen molar-refractivity contribution in [3.63, 3.8) is 0 Å². The number of amides is 1. The predicted molar refractivity (Wildman–Crippen MR) is 77.8 cm³/mol. The highest BCUT2D eigenvalue weighted by atomic mass is 16.2. The summed E-state index contributed by atoms with van der Waals surface area (Å²) in [6.45, 7) is 5.92. The van der Waals surface area contributed by atoms with Gasteiger partial charge >= 0.3 is 0 Å². The highest BCUT2D eigenvalue weighted by molar-refractivity contribution is 5.93. The molecule has 3 heteroatoms. The van der Waals surface area contributed by atoms with Crippen molar-refractivity contribution in [2.75, 3.05) is 11.9 Å². The van der Waals surface area contributed by atoms with Gasteiger partial charge in [-0.05, 0) is 31.0 Å².